The van der Waals surface area contributed by atoms with Crippen LogP contribution in [-0.4, -0.2) is 15.0 Å². The summed E-state index contributed by atoms with van der Waals surface area (Å²) in [6.07, 6.45) is 0. The lowest BCUT2D eigenvalue weighted by Crippen LogP contribution is -1.94. The predicted octanol–water partition coefficient (Wildman–Crippen LogP) is 4.51. The zero-order valence-corrected chi connectivity index (χ0v) is 12.7. The van der Waals surface area contributed by atoms with Crippen molar-refractivity contribution in [2.75, 3.05) is 0 Å². The van der Waals surface area contributed by atoms with E-state index in [1.54, 1.807) is 23.1 Å². The van der Waals surface area contributed by atoms with E-state index in [0.29, 0.717) is 11.0 Å². The van der Waals surface area contributed by atoms with Crippen LogP contribution >= 0.6 is 34.7 Å². The summed E-state index contributed by atoms with van der Waals surface area (Å²) in [6, 6.07) is 8.10. The predicted molar refractivity (Wildman–Crippen MR) is 80.3 cm³/mol. The smallest absolute Gasteiger partial charge is 0.157 e. The van der Waals surface area contributed by atoms with E-state index in [2.05, 4.69) is 21.0 Å². The summed E-state index contributed by atoms with van der Waals surface area (Å²) >= 11 is 9.28. The molecule has 0 aliphatic rings. The number of para-hydroxylation sites is 1. The summed E-state index contributed by atoms with van der Waals surface area (Å²) < 4.78 is 2.15. The van der Waals surface area contributed by atoms with Crippen LogP contribution in [0.2, 0.25) is 5.15 Å². The van der Waals surface area contributed by atoms with Gasteiger partial charge in [0.25, 0.3) is 0 Å². The van der Waals surface area contributed by atoms with E-state index < -0.39 is 0 Å². The lowest BCUT2D eigenvalue weighted by Gasteiger charge is -2.04. The molecule has 0 N–H and O–H groups in total. The minimum atomic E-state index is 0.510. The number of hydrogen-bond acceptors (Lipinski definition) is 5. The fourth-order valence-corrected chi connectivity index (χ4v) is 4.02. The van der Waals surface area contributed by atoms with Crippen molar-refractivity contribution in [3.63, 3.8) is 0 Å². The molecule has 3 nitrogen and oxygen atoms in total. The van der Waals surface area contributed by atoms with E-state index in [1.165, 1.54) is 4.70 Å². The van der Waals surface area contributed by atoms with E-state index in [1.807, 2.05) is 32.0 Å². The third-order valence-electron chi connectivity index (χ3n) is 2.61. The van der Waals surface area contributed by atoms with Crippen LogP contribution < -0.4 is 0 Å². The average molecular weight is 308 g/mol. The van der Waals surface area contributed by atoms with Crippen molar-refractivity contribution >= 4 is 44.9 Å². The van der Waals surface area contributed by atoms with Crippen molar-refractivity contribution in [2.24, 2.45) is 0 Å². The van der Waals surface area contributed by atoms with Crippen LogP contribution in [0.25, 0.3) is 10.2 Å². The lowest BCUT2D eigenvalue weighted by molar-refractivity contribution is 0.938. The van der Waals surface area contributed by atoms with Crippen LogP contribution in [0.15, 0.2) is 33.6 Å². The molecule has 0 bridgehead atoms. The monoisotopic (exact) mass is 307 g/mol. The number of aryl methyl sites for hydroxylation is 1. The number of benzene rings is 1. The van der Waals surface area contributed by atoms with Crippen molar-refractivity contribution in [1.82, 2.24) is 15.0 Å². The van der Waals surface area contributed by atoms with Crippen molar-refractivity contribution in [3.8, 4) is 0 Å². The summed E-state index contributed by atoms with van der Waals surface area (Å²) in [4.78, 5) is 13.2. The van der Waals surface area contributed by atoms with Gasteiger partial charge < -0.3 is 0 Å². The van der Waals surface area contributed by atoms with Gasteiger partial charge in [-0.05, 0) is 37.7 Å². The van der Waals surface area contributed by atoms with Gasteiger partial charge in [0.1, 0.15) is 16.0 Å². The number of aromatic nitrogens is 3. The maximum absolute atomic E-state index is 6.08. The van der Waals surface area contributed by atoms with Crippen molar-refractivity contribution < 1.29 is 0 Å². The van der Waals surface area contributed by atoms with Gasteiger partial charge in [-0.3, -0.25) is 0 Å². The molecule has 0 saturated carbocycles. The molecule has 3 rings (SSSR count). The number of nitrogens with zero attached hydrogens (tertiary/aromatic N) is 3. The number of fused-ring (bicyclic) bond motifs is 1. The van der Waals surface area contributed by atoms with E-state index in [-0.39, 0.29) is 0 Å². The van der Waals surface area contributed by atoms with Gasteiger partial charge in [-0.15, -0.1) is 11.3 Å². The summed E-state index contributed by atoms with van der Waals surface area (Å²) in [7, 11) is 0. The maximum atomic E-state index is 6.08. The van der Waals surface area contributed by atoms with Gasteiger partial charge in [-0.25, -0.2) is 15.0 Å². The van der Waals surface area contributed by atoms with Crippen molar-refractivity contribution in [2.45, 2.75) is 23.2 Å². The van der Waals surface area contributed by atoms with Crippen LogP contribution in [0.3, 0.4) is 0 Å². The standard InChI is InChI=1S/C13H10ClN3S2/c1-7-11(14)15-8(2)16-12(7)19-13-17-9-5-3-4-6-10(9)18-13/h3-6H,1-2H3. The number of hydrogen-bond donors (Lipinski definition) is 0. The maximum Gasteiger partial charge on any atom is 0.157 e. The normalized spacial score (nSPS) is 11.1. The summed E-state index contributed by atoms with van der Waals surface area (Å²) in [5.74, 6) is 0.680. The minimum absolute atomic E-state index is 0.510. The Morgan fingerprint density at radius 2 is 1.89 bits per heavy atom. The second-order valence-electron chi connectivity index (χ2n) is 4.04. The van der Waals surface area contributed by atoms with Crippen LogP contribution in [0.5, 0.6) is 0 Å². The third-order valence-corrected chi connectivity index (χ3v) is 5.17. The van der Waals surface area contributed by atoms with Gasteiger partial charge in [0.2, 0.25) is 0 Å². The topological polar surface area (TPSA) is 38.7 Å². The molecule has 0 fully saturated rings. The summed E-state index contributed by atoms with van der Waals surface area (Å²) in [6.45, 7) is 3.77. The molecule has 2 heterocycles. The second kappa shape index (κ2) is 5.07. The zero-order valence-electron chi connectivity index (χ0n) is 10.3. The molecule has 19 heavy (non-hydrogen) atoms. The molecular formula is C13H10ClN3S2. The molecule has 0 amide bonds. The molecular weight excluding hydrogens is 298 g/mol. The molecule has 0 atom stereocenters. The highest BCUT2D eigenvalue weighted by molar-refractivity contribution is 8.01. The Labute approximate surface area is 124 Å². The fraction of sp³-hybridized carbons (Fsp3) is 0.154. The van der Waals surface area contributed by atoms with Crippen LogP contribution in [0.1, 0.15) is 11.4 Å². The Balaban J connectivity index is 2.01. The molecule has 96 valence electrons. The summed E-state index contributed by atoms with van der Waals surface area (Å²) in [5.41, 5.74) is 1.92. The summed E-state index contributed by atoms with van der Waals surface area (Å²) in [5, 5.41) is 1.38. The van der Waals surface area contributed by atoms with Crippen LogP contribution in [-0.2, 0) is 0 Å². The van der Waals surface area contributed by atoms with E-state index in [9.17, 15) is 0 Å². The van der Waals surface area contributed by atoms with Crippen LogP contribution in [0.4, 0.5) is 0 Å². The van der Waals surface area contributed by atoms with E-state index in [4.69, 9.17) is 11.6 Å². The van der Waals surface area contributed by atoms with Crippen molar-refractivity contribution in [3.05, 3.63) is 40.8 Å². The van der Waals surface area contributed by atoms with Gasteiger partial charge in [0.05, 0.1) is 10.2 Å². The number of rotatable bonds is 2. The SMILES string of the molecule is Cc1nc(Cl)c(C)c(Sc2nc3ccccc3s2)n1. The first-order chi connectivity index (χ1) is 9.13. The van der Waals surface area contributed by atoms with Gasteiger partial charge in [-0.1, -0.05) is 23.7 Å². The first-order valence-electron chi connectivity index (χ1n) is 5.67. The number of thiazole rings is 1. The molecule has 0 radical (unpaired) electrons. The first kappa shape index (κ1) is 12.8. The van der Waals surface area contributed by atoms with E-state index >= 15 is 0 Å². The van der Waals surface area contributed by atoms with Crippen LogP contribution in [0, 0.1) is 13.8 Å². The highest BCUT2D eigenvalue weighted by Gasteiger charge is 2.12. The Hall–Kier alpha value is -1.17. The number of halogens is 1. The fourth-order valence-electron chi connectivity index (χ4n) is 1.65. The molecule has 3 aromatic rings. The van der Waals surface area contributed by atoms with Crippen molar-refractivity contribution in [1.29, 1.82) is 0 Å². The van der Waals surface area contributed by atoms with Gasteiger partial charge in [-0.2, -0.15) is 0 Å². The second-order valence-corrected chi connectivity index (χ2v) is 6.67. The lowest BCUT2D eigenvalue weighted by atomic mass is 10.3. The Morgan fingerprint density at radius 1 is 1.11 bits per heavy atom. The highest BCUT2D eigenvalue weighted by atomic mass is 35.5. The molecule has 2 aromatic heterocycles. The Kier molecular flexibility index (Phi) is 3.43. The Morgan fingerprint density at radius 3 is 2.68 bits per heavy atom. The zero-order chi connectivity index (χ0) is 13.4. The minimum Gasteiger partial charge on any atom is -0.229 e. The van der Waals surface area contributed by atoms with Gasteiger partial charge >= 0.3 is 0 Å². The first-order valence-corrected chi connectivity index (χ1v) is 7.69. The Bertz CT molecular complexity index is 722. The quantitative estimate of drug-likeness (QED) is 0.653. The molecule has 0 aliphatic heterocycles. The average Bonchev–Trinajstić information content (AvgIpc) is 2.77. The molecule has 6 heteroatoms. The van der Waals surface area contributed by atoms with Gasteiger partial charge in [0.15, 0.2) is 4.34 Å². The molecule has 0 spiro atoms. The largest absolute Gasteiger partial charge is 0.229 e. The third kappa shape index (κ3) is 2.59. The molecule has 1 aromatic carbocycles. The van der Waals surface area contributed by atoms with E-state index in [0.717, 1.165) is 20.4 Å². The molecule has 0 saturated heterocycles. The van der Waals surface area contributed by atoms with Gasteiger partial charge in [0, 0.05) is 5.56 Å². The highest BCUT2D eigenvalue weighted by Crippen LogP contribution is 2.35. The molecule has 0 aliphatic carbocycles. The molecule has 0 unspecified atom stereocenters.